The fourth-order valence-corrected chi connectivity index (χ4v) is 3.70. The number of aryl methyl sites for hydroxylation is 2. The summed E-state index contributed by atoms with van der Waals surface area (Å²) in [5.41, 5.74) is 2.69. The molecule has 3 rings (SSSR count). The van der Waals surface area contributed by atoms with Crippen LogP contribution in [0.1, 0.15) is 33.3 Å². The molecule has 0 saturated heterocycles. The Hall–Kier alpha value is -2.47. The van der Waals surface area contributed by atoms with E-state index in [0.717, 1.165) is 11.1 Å². The molecule has 124 valence electrons. The molecule has 2 aromatic heterocycles. The lowest BCUT2D eigenvalue weighted by molar-refractivity contribution is 0.0531. The van der Waals surface area contributed by atoms with Crippen LogP contribution < -0.4 is 5.56 Å². The highest BCUT2D eigenvalue weighted by atomic mass is 32.1. The van der Waals surface area contributed by atoms with Gasteiger partial charge in [0.05, 0.1) is 24.9 Å². The third kappa shape index (κ3) is 2.97. The molecule has 6 heteroatoms. The second-order valence-electron chi connectivity index (χ2n) is 5.62. The standard InChI is InChI=1S/C18H18N2O3S/c1-4-23-18(22)15-12(3)14-16(24-15)19-10-20(17(14)21)9-13-7-5-6-11(2)8-13/h5-8,10H,4,9H2,1-3H3. The topological polar surface area (TPSA) is 61.2 Å². The minimum Gasteiger partial charge on any atom is -0.462 e. The number of fused-ring (bicyclic) bond motifs is 1. The van der Waals surface area contributed by atoms with Crippen molar-refractivity contribution in [1.29, 1.82) is 0 Å². The van der Waals surface area contributed by atoms with E-state index in [1.165, 1.54) is 17.7 Å². The molecule has 3 aromatic rings. The maximum Gasteiger partial charge on any atom is 0.348 e. The van der Waals surface area contributed by atoms with E-state index in [4.69, 9.17) is 4.74 Å². The van der Waals surface area contributed by atoms with E-state index in [2.05, 4.69) is 4.98 Å². The van der Waals surface area contributed by atoms with Gasteiger partial charge in [-0.05, 0) is 31.9 Å². The van der Waals surface area contributed by atoms with E-state index in [0.29, 0.717) is 33.8 Å². The average Bonchev–Trinajstić information content (AvgIpc) is 2.88. The van der Waals surface area contributed by atoms with Crippen LogP contribution in [-0.2, 0) is 11.3 Å². The quantitative estimate of drug-likeness (QED) is 0.683. The number of hydrogen-bond donors (Lipinski definition) is 0. The van der Waals surface area contributed by atoms with Crippen LogP contribution in [0.4, 0.5) is 0 Å². The van der Waals surface area contributed by atoms with E-state index in [1.807, 2.05) is 31.2 Å². The highest BCUT2D eigenvalue weighted by Gasteiger charge is 2.20. The highest BCUT2D eigenvalue weighted by Crippen LogP contribution is 2.27. The summed E-state index contributed by atoms with van der Waals surface area (Å²) in [4.78, 5) is 30.2. The minimum absolute atomic E-state index is 0.134. The van der Waals surface area contributed by atoms with Gasteiger partial charge in [0.15, 0.2) is 0 Å². The number of carbonyl (C=O) groups is 1. The Kier molecular flexibility index (Phi) is 4.49. The van der Waals surface area contributed by atoms with Crippen LogP contribution in [0.3, 0.4) is 0 Å². The molecule has 0 aliphatic carbocycles. The van der Waals surface area contributed by atoms with Gasteiger partial charge in [-0.2, -0.15) is 0 Å². The van der Waals surface area contributed by atoms with Crippen molar-refractivity contribution in [2.75, 3.05) is 6.61 Å². The first-order valence-electron chi connectivity index (χ1n) is 7.72. The van der Waals surface area contributed by atoms with E-state index < -0.39 is 5.97 Å². The van der Waals surface area contributed by atoms with Crippen LogP contribution in [-0.4, -0.2) is 22.1 Å². The van der Waals surface area contributed by atoms with Crippen molar-refractivity contribution in [1.82, 2.24) is 9.55 Å². The first-order chi connectivity index (χ1) is 11.5. The van der Waals surface area contributed by atoms with Gasteiger partial charge in [0.2, 0.25) is 0 Å². The van der Waals surface area contributed by atoms with Crippen molar-refractivity contribution in [2.45, 2.75) is 27.3 Å². The van der Waals surface area contributed by atoms with Gasteiger partial charge < -0.3 is 4.74 Å². The largest absolute Gasteiger partial charge is 0.462 e. The van der Waals surface area contributed by atoms with Gasteiger partial charge in [0.1, 0.15) is 9.71 Å². The Bertz CT molecular complexity index is 972. The molecular formula is C18H18N2O3S. The molecule has 0 bridgehead atoms. The molecule has 0 atom stereocenters. The van der Waals surface area contributed by atoms with E-state index in [1.54, 1.807) is 18.4 Å². The number of nitrogens with zero attached hydrogens (tertiary/aromatic N) is 2. The van der Waals surface area contributed by atoms with Gasteiger partial charge in [0.25, 0.3) is 5.56 Å². The van der Waals surface area contributed by atoms with Gasteiger partial charge >= 0.3 is 5.97 Å². The fraction of sp³-hybridized carbons (Fsp3) is 0.278. The molecule has 0 fully saturated rings. The number of thiophene rings is 1. The Morgan fingerprint density at radius 2 is 2.12 bits per heavy atom. The van der Waals surface area contributed by atoms with Crippen molar-refractivity contribution in [3.8, 4) is 0 Å². The molecule has 0 aliphatic rings. The van der Waals surface area contributed by atoms with Crippen LogP contribution in [0, 0.1) is 13.8 Å². The third-order valence-electron chi connectivity index (χ3n) is 3.81. The number of benzene rings is 1. The molecule has 0 aliphatic heterocycles. The fourth-order valence-electron chi connectivity index (χ4n) is 2.67. The first kappa shape index (κ1) is 16.4. The van der Waals surface area contributed by atoms with Crippen molar-refractivity contribution in [3.63, 3.8) is 0 Å². The number of esters is 1. The maximum atomic E-state index is 12.8. The van der Waals surface area contributed by atoms with Crippen LogP contribution >= 0.6 is 11.3 Å². The normalized spacial score (nSPS) is 11.0. The van der Waals surface area contributed by atoms with Crippen LogP contribution in [0.15, 0.2) is 35.4 Å². The SMILES string of the molecule is CCOC(=O)c1sc2ncn(Cc3cccc(C)c3)c(=O)c2c1C. The molecular weight excluding hydrogens is 324 g/mol. The molecule has 24 heavy (non-hydrogen) atoms. The predicted octanol–water partition coefficient (Wildman–Crippen LogP) is 3.30. The Morgan fingerprint density at radius 1 is 1.33 bits per heavy atom. The average molecular weight is 342 g/mol. The molecule has 5 nitrogen and oxygen atoms in total. The van der Waals surface area contributed by atoms with Gasteiger partial charge in [-0.3, -0.25) is 9.36 Å². The predicted molar refractivity (Wildman–Crippen MR) is 94.9 cm³/mol. The van der Waals surface area contributed by atoms with Crippen LogP contribution in [0.5, 0.6) is 0 Å². The van der Waals surface area contributed by atoms with Gasteiger partial charge in [-0.15, -0.1) is 11.3 Å². The summed E-state index contributed by atoms with van der Waals surface area (Å²) < 4.78 is 6.63. The molecule has 0 N–H and O–H groups in total. The number of hydrogen-bond acceptors (Lipinski definition) is 5. The first-order valence-corrected chi connectivity index (χ1v) is 8.54. The Balaban J connectivity index is 2.06. The lowest BCUT2D eigenvalue weighted by Gasteiger charge is -2.06. The molecule has 0 radical (unpaired) electrons. The smallest absolute Gasteiger partial charge is 0.348 e. The molecule has 0 unspecified atom stereocenters. The zero-order valence-corrected chi connectivity index (χ0v) is 14.6. The lowest BCUT2D eigenvalue weighted by Crippen LogP contribution is -2.21. The molecule has 1 aromatic carbocycles. The van der Waals surface area contributed by atoms with Crippen LogP contribution in [0.2, 0.25) is 0 Å². The monoisotopic (exact) mass is 342 g/mol. The number of carbonyl (C=O) groups excluding carboxylic acids is 1. The van der Waals surface area contributed by atoms with E-state index >= 15 is 0 Å². The molecule has 0 amide bonds. The molecule has 0 saturated carbocycles. The minimum atomic E-state index is -0.400. The lowest BCUT2D eigenvalue weighted by atomic mass is 10.1. The third-order valence-corrected chi connectivity index (χ3v) is 4.99. The van der Waals surface area contributed by atoms with Gasteiger partial charge in [-0.25, -0.2) is 9.78 Å². The Morgan fingerprint density at radius 3 is 2.83 bits per heavy atom. The summed E-state index contributed by atoms with van der Waals surface area (Å²) >= 11 is 1.20. The zero-order valence-electron chi connectivity index (χ0n) is 13.8. The summed E-state index contributed by atoms with van der Waals surface area (Å²) in [6, 6.07) is 8.01. The van der Waals surface area contributed by atoms with Crippen LogP contribution in [0.25, 0.3) is 10.2 Å². The molecule has 0 spiro atoms. The van der Waals surface area contributed by atoms with Crippen molar-refractivity contribution in [2.24, 2.45) is 0 Å². The second-order valence-corrected chi connectivity index (χ2v) is 6.62. The summed E-state index contributed by atoms with van der Waals surface area (Å²) in [6.45, 7) is 6.30. The number of rotatable bonds is 4. The summed E-state index contributed by atoms with van der Waals surface area (Å²) in [5.74, 6) is -0.400. The van der Waals surface area contributed by atoms with Crippen molar-refractivity contribution < 1.29 is 9.53 Å². The maximum absolute atomic E-state index is 12.8. The van der Waals surface area contributed by atoms with E-state index in [9.17, 15) is 9.59 Å². The second kappa shape index (κ2) is 6.57. The highest BCUT2D eigenvalue weighted by molar-refractivity contribution is 7.20. The van der Waals surface area contributed by atoms with Crippen molar-refractivity contribution in [3.05, 3.63) is 62.5 Å². The zero-order chi connectivity index (χ0) is 17.3. The number of ether oxygens (including phenoxy) is 1. The van der Waals surface area contributed by atoms with Gasteiger partial charge in [0, 0.05) is 0 Å². The van der Waals surface area contributed by atoms with Gasteiger partial charge in [-0.1, -0.05) is 29.8 Å². The molecule has 2 heterocycles. The summed E-state index contributed by atoms with van der Waals surface area (Å²) in [7, 11) is 0. The van der Waals surface area contributed by atoms with Crippen molar-refractivity contribution >= 4 is 27.5 Å². The Labute approximate surface area is 143 Å². The van der Waals surface area contributed by atoms with E-state index in [-0.39, 0.29) is 5.56 Å². The number of aromatic nitrogens is 2. The summed E-state index contributed by atoms with van der Waals surface area (Å²) in [5, 5.41) is 0.498. The summed E-state index contributed by atoms with van der Waals surface area (Å²) in [6.07, 6.45) is 1.54.